The van der Waals surface area contributed by atoms with Crippen LogP contribution in [0, 0.1) is 0 Å². The number of hydrogen-bond donors (Lipinski definition) is 5. The molecule has 8 nitrogen and oxygen atoms in total. The van der Waals surface area contributed by atoms with E-state index in [1.165, 1.54) is 28.9 Å². The van der Waals surface area contributed by atoms with Crippen molar-refractivity contribution in [2.75, 3.05) is 37.6 Å². The summed E-state index contributed by atoms with van der Waals surface area (Å²) in [7, 11) is 0. The number of anilines is 1. The minimum atomic E-state index is -0.617. The van der Waals surface area contributed by atoms with Crippen molar-refractivity contribution in [1.82, 2.24) is 5.43 Å². The summed E-state index contributed by atoms with van der Waals surface area (Å²) in [5.74, 6) is -1.74. The lowest BCUT2D eigenvalue weighted by Crippen LogP contribution is -3.15. The predicted molar refractivity (Wildman–Crippen MR) is 106 cm³/mol. The van der Waals surface area contributed by atoms with Crippen LogP contribution in [0.15, 0.2) is 47.6 Å². The molecule has 2 aromatic carbocycles. The van der Waals surface area contributed by atoms with Gasteiger partial charge >= 0.3 is 0 Å². The van der Waals surface area contributed by atoms with Crippen molar-refractivity contribution in [3.8, 4) is 17.2 Å². The summed E-state index contributed by atoms with van der Waals surface area (Å²) in [5, 5.41) is 32.2. The molecule has 0 atom stereocenters. The highest BCUT2D eigenvalue weighted by Gasteiger charge is 2.20. The summed E-state index contributed by atoms with van der Waals surface area (Å²) in [6, 6.07) is 12.9. The highest BCUT2D eigenvalue weighted by atomic mass is 16.3. The lowest BCUT2D eigenvalue weighted by Gasteiger charge is -2.33. The van der Waals surface area contributed by atoms with E-state index in [4.69, 9.17) is 0 Å². The first-order chi connectivity index (χ1) is 13.5. The van der Waals surface area contributed by atoms with E-state index in [1.807, 2.05) is 18.2 Å². The molecule has 0 spiro atoms. The molecule has 0 unspecified atom stereocenters. The summed E-state index contributed by atoms with van der Waals surface area (Å²) in [6.45, 7) is 4.61. The first-order valence-corrected chi connectivity index (χ1v) is 9.24. The quantitative estimate of drug-likeness (QED) is 0.274. The molecule has 1 heterocycles. The number of hydrazone groups is 1. The van der Waals surface area contributed by atoms with Crippen LogP contribution in [0.1, 0.15) is 12.0 Å². The van der Waals surface area contributed by atoms with E-state index >= 15 is 0 Å². The number of carbonyl (C=O) groups excluding carboxylic acids is 1. The molecule has 148 valence electrons. The smallest absolute Gasteiger partial charge is 0.245 e. The highest BCUT2D eigenvalue weighted by molar-refractivity contribution is 5.86. The molecule has 28 heavy (non-hydrogen) atoms. The molecule has 1 aliphatic heterocycles. The Hall–Kier alpha value is -3.26. The average Bonchev–Trinajstić information content (AvgIpc) is 2.73. The molecule has 0 aromatic heterocycles. The van der Waals surface area contributed by atoms with E-state index < -0.39 is 17.2 Å². The molecule has 1 amide bonds. The van der Waals surface area contributed by atoms with Gasteiger partial charge in [-0.25, -0.2) is 5.43 Å². The van der Waals surface area contributed by atoms with Crippen molar-refractivity contribution >= 4 is 17.8 Å². The number of nitrogens with zero attached hydrogens (tertiary/aromatic N) is 2. The van der Waals surface area contributed by atoms with Crippen LogP contribution in [0.3, 0.4) is 0 Å². The molecular formula is C20H25N4O4+. The average molecular weight is 385 g/mol. The van der Waals surface area contributed by atoms with Crippen molar-refractivity contribution in [3.05, 3.63) is 48.0 Å². The molecule has 0 saturated carbocycles. The Labute approximate surface area is 163 Å². The summed E-state index contributed by atoms with van der Waals surface area (Å²) in [6.07, 6.45) is 1.57. The number of rotatable bonds is 6. The fraction of sp³-hybridized carbons (Fsp3) is 0.300. The predicted octanol–water partition coefficient (Wildman–Crippen LogP) is 0.0487. The second kappa shape index (κ2) is 9.09. The minimum Gasteiger partial charge on any atom is -0.504 e. The summed E-state index contributed by atoms with van der Waals surface area (Å²) < 4.78 is 0. The Morgan fingerprint density at radius 2 is 1.79 bits per heavy atom. The van der Waals surface area contributed by atoms with Gasteiger partial charge in [-0.05, 0) is 24.3 Å². The van der Waals surface area contributed by atoms with Gasteiger partial charge in [0.15, 0.2) is 11.5 Å². The maximum Gasteiger partial charge on any atom is 0.245 e. The Kier molecular flexibility index (Phi) is 6.33. The Balaban J connectivity index is 1.40. The third kappa shape index (κ3) is 4.92. The Morgan fingerprint density at radius 3 is 2.50 bits per heavy atom. The fourth-order valence-electron chi connectivity index (χ4n) is 3.18. The SMILES string of the molecule is O=C(CC[NH+]1CCN(c2ccccc2)CC1)N/N=C/c1ccc(O)c(O)c1O. The molecular weight excluding hydrogens is 360 g/mol. The zero-order valence-corrected chi connectivity index (χ0v) is 15.5. The number of phenolic OH excluding ortho intramolecular Hbond substituents is 3. The number of quaternary nitrogens is 1. The number of hydrogen-bond acceptors (Lipinski definition) is 6. The van der Waals surface area contributed by atoms with E-state index in [2.05, 4.69) is 27.6 Å². The van der Waals surface area contributed by atoms with Gasteiger partial charge in [-0.1, -0.05) is 18.2 Å². The second-order valence-corrected chi connectivity index (χ2v) is 6.74. The number of amides is 1. The topological polar surface area (TPSA) is 110 Å². The molecule has 0 radical (unpaired) electrons. The van der Waals surface area contributed by atoms with E-state index in [-0.39, 0.29) is 11.5 Å². The zero-order valence-electron chi connectivity index (χ0n) is 15.5. The number of nitrogens with one attached hydrogen (secondary N) is 2. The van der Waals surface area contributed by atoms with Crippen LogP contribution < -0.4 is 15.2 Å². The third-order valence-corrected chi connectivity index (χ3v) is 4.85. The van der Waals surface area contributed by atoms with Crippen LogP contribution in [0.5, 0.6) is 17.2 Å². The molecule has 3 rings (SSSR count). The van der Waals surface area contributed by atoms with Crippen LogP contribution in [0.25, 0.3) is 0 Å². The standard InChI is InChI=1S/C20H24N4O4/c25-17-7-6-15(19(27)20(17)28)14-21-22-18(26)8-9-23-10-12-24(13-11-23)16-4-2-1-3-5-16/h1-7,14,25,27-28H,8-13H2,(H,22,26)/p+1/b21-14+. The van der Waals surface area contributed by atoms with Gasteiger partial charge in [0, 0.05) is 11.3 Å². The number of carbonyl (C=O) groups is 1. The van der Waals surface area contributed by atoms with Gasteiger partial charge in [0.1, 0.15) is 0 Å². The van der Waals surface area contributed by atoms with Crippen LogP contribution in [-0.4, -0.2) is 60.2 Å². The number of para-hydroxylation sites is 1. The molecule has 0 aliphatic carbocycles. The van der Waals surface area contributed by atoms with Gasteiger partial charge in [0.25, 0.3) is 0 Å². The van der Waals surface area contributed by atoms with E-state index in [0.717, 1.165) is 32.7 Å². The molecule has 5 N–H and O–H groups in total. The van der Waals surface area contributed by atoms with Gasteiger partial charge < -0.3 is 25.1 Å². The van der Waals surface area contributed by atoms with Gasteiger partial charge in [-0.15, -0.1) is 0 Å². The molecule has 2 aromatic rings. The number of phenols is 3. The summed E-state index contributed by atoms with van der Waals surface area (Å²) >= 11 is 0. The van der Waals surface area contributed by atoms with Crippen molar-refractivity contribution in [2.24, 2.45) is 5.10 Å². The number of benzene rings is 2. The van der Waals surface area contributed by atoms with Crippen molar-refractivity contribution < 1.29 is 25.0 Å². The van der Waals surface area contributed by atoms with Crippen molar-refractivity contribution in [3.63, 3.8) is 0 Å². The van der Waals surface area contributed by atoms with Crippen LogP contribution in [0.4, 0.5) is 5.69 Å². The van der Waals surface area contributed by atoms with Crippen molar-refractivity contribution in [2.45, 2.75) is 6.42 Å². The maximum absolute atomic E-state index is 12.0. The van der Waals surface area contributed by atoms with E-state index in [0.29, 0.717) is 6.42 Å². The first kappa shape index (κ1) is 19.5. The monoisotopic (exact) mass is 385 g/mol. The second-order valence-electron chi connectivity index (χ2n) is 6.74. The minimum absolute atomic E-state index is 0.193. The molecule has 8 heteroatoms. The largest absolute Gasteiger partial charge is 0.504 e. The summed E-state index contributed by atoms with van der Waals surface area (Å²) in [4.78, 5) is 15.7. The maximum atomic E-state index is 12.0. The normalized spacial score (nSPS) is 15.1. The van der Waals surface area contributed by atoms with E-state index in [9.17, 15) is 20.1 Å². The van der Waals surface area contributed by atoms with E-state index in [1.54, 1.807) is 0 Å². The van der Waals surface area contributed by atoms with Gasteiger partial charge in [0.2, 0.25) is 11.7 Å². The Bertz CT molecular complexity index is 834. The number of piperazine rings is 1. The fourth-order valence-corrected chi connectivity index (χ4v) is 3.18. The zero-order chi connectivity index (χ0) is 19.9. The van der Waals surface area contributed by atoms with Gasteiger partial charge in [0.05, 0.1) is 45.4 Å². The lowest BCUT2D eigenvalue weighted by atomic mass is 10.2. The third-order valence-electron chi connectivity index (χ3n) is 4.85. The van der Waals surface area contributed by atoms with Crippen LogP contribution in [0.2, 0.25) is 0 Å². The summed E-state index contributed by atoms with van der Waals surface area (Å²) in [5.41, 5.74) is 3.84. The number of aromatic hydroxyl groups is 3. The molecule has 1 fully saturated rings. The molecule has 1 saturated heterocycles. The van der Waals surface area contributed by atoms with Crippen molar-refractivity contribution in [1.29, 1.82) is 0 Å². The van der Waals surface area contributed by atoms with Gasteiger partial charge in [-0.3, -0.25) is 4.79 Å². The molecule has 1 aliphatic rings. The van der Waals surface area contributed by atoms with Gasteiger partial charge in [-0.2, -0.15) is 5.10 Å². The highest BCUT2D eigenvalue weighted by Crippen LogP contribution is 2.36. The van der Waals surface area contributed by atoms with Crippen LogP contribution >= 0.6 is 0 Å². The lowest BCUT2D eigenvalue weighted by molar-refractivity contribution is -0.900. The molecule has 0 bridgehead atoms. The van der Waals surface area contributed by atoms with Crippen LogP contribution in [-0.2, 0) is 4.79 Å². The first-order valence-electron chi connectivity index (χ1n) is 9.24. The Morgan fingerprint density at radius 1 is 1.07 bits per heavy atom.